The number of β-lactam (4-membered cyclic amide) rings is 1. The maximum Gasteiger partial charge on any atom is 0.228 e. The predicted octanol–water partition coefficient (Wildman–Crippen LogP) is 0.854. The lowest BCUT2D eigenvalue weighted by atomic mass is 9.82. The first-order chi connectivity index (χ1) is 6.70. The van der Waals surface area contributed by atoms with Gasteiger partial charge >= 0.3 is 0 Å². The molecule has 0 aromatic heterocycles. The van der Waals surface area contributed by atoms with Crippen LogP contribution in [-0.4, -0.2) is 17.1 Å². The van der Waals surface area contributed by atoms with Crippen molar-refractivity contribution in [2.45, 2.75) is 19.1 Å². The molecule has 2 N–H and O–H groups in total. The minimum absolute atomic E-state index is 0.0244. The van der Waals surface area contributed by atoms with Gasteiger partial charge < -0.3 is 10.4 Å². The largest absolute Gasteiger partial charge is 0.392 e. The smallest absolute Gasteiger partial charge is 0.228 e. The molecule has 1 aliphatic heterocycles. The highest BCUT2D eigenvalue weighted by atomic mass is 16.3. The van der Waals surface area contributed by atoms with Crippen molar-refractivity contribution in [3.8, 4) is 0 Å². The van der Waals surface area contributed by atoms with Crippen molar-refractivity contribution in [3.63, 3.8) is 0 Å². The van der Waals surface area contributed by atoms with Crippen molar-refractivity contribution in [1.29, 1.82) is 0 Å². The molecule has 14 heavy (non-hydrogen) atoms. The van der Waals surface area contributed by atoms with E-state index in [2.05, 4.69) is 5.32 Å². The van der Waals surface area contributed by atoms with Crippen molar-refractivity contribution >= 4 is 5.91 Å². The van der Waals surface area contributed by atoms with E-state index in [0.717, 1.165) is 5.56 Å². The molecule has 3 atom stereocenters. The average Bonchev–Trinajstić information content (AvgIpc) is 2.14. The Kier molecular flexibility index (Phi) is 2.25. The second-order valence-corrected chi connectivity index (χ2v) is 3.66. The van der Waals surface area contributed by atoms with E-state index in [0.29, 0.717) is 0 Å². The molecule has 74 valence electrons. The summed E-state index contributed by atoms with van der Waals surface area (Å²) in [5.41, 5.74) is 1.05. The summed E-state index contributed by atoms with van der Waals surface area (Å²) in [4.78, 5) is 11.2. The van der Waals surface area contributed by atoms with Crippen molar-refractivity contribution < 1.29 is 9.90 Å². The first-order valence-corrected chi connectivity index (χ1v) is 4.73. The van der Waals surface area contributed by atoms with Gasteiger partial charge in [0.05, 0.1) is 18.1 Å². The van der Waals surface area contributed by atoms with Gasteiger partial charge in [0.15, 0.2) is 0 Å². The fourth-order valence-electron chi connectivity index (χ4n) is 1.84. The average molecular weight is 191 g/mol. The molecule has 1 saturated heterocycles. The molecule has 1 amide bonds. The zero-order valence-electron chi connectivity index (χ0n) is 7.97. The van der Waals surface area contributed by atoms with E-state index in [1.165, 1.54) is 0 Å². The molecule has 0 saturated carbocycles. The fraction of sp³-hybridized carbons (Fsp3) is 0.364. The first kappa shape index (κ1) is 9.21. The van der Waals surface area contributed by atoms with Gasteiger partial charge in [-0.25, -0.2) is 0 Å². The number of aliphatic hydroxyl groups is 1. The van der Waals surface area contributed by atoms with E-state index >= 15 is 0 Å². The summed E-state index contributed by atoms with van der Waals surface area (Å²) in [5.74, 6) is -0.355. The third-order valence-electron chi connectivity index (χ3n) is 2.64. The number of nitrogens with one attached hydrogen (secondary N) is 1. The number of aliphatic hydroxyl groups excluding tert-OH is 1. The van der Waals surface area contributed by atoms with E-state index in [-0.39, 0.29) is 17.9 Å². The van der Waals surface area contributed by atoms with E-state index in [9.17, 15) is 9.90 Å². The number of hydrogen-bond donors (Lipinski definition) is 2. The molecule has 0 unspecified atom stereocenters. The lowest BCUT2D eigenvalue weighted by Gasteiger charge is -2.38. The Bertz CT molecular complexity index is 334. The van der Waals surface area contributed by atoms with Crippen LogP contribution in [0.25, 0.3) is 0 Å². The Labute approximate surface area is 82.8 Å². The normalized spacial score (nSPS) is 27.7. The third-order valence-corrected chi connectivity index (χ3v) is 2.64. The van der Waals surface area contributed by atoms with Crippen molar-refractivity contribution in [2.24, 2.45) is 5.92 Å². The molecule has 1 fully saturated rings. The van der Waals surface area contributed by atoms with Gasteiger partial charge in [0.2, 0.25) is 5.91 Å². The predicted molar refractivity (Wildman–Crippen MR) is 52.5 cm³/mol. The number of carbonyl (C=O) groups is 1. The Morgan fingerprint density at radius 3 is 2.50 bits per heavy atom. The van der Waals surface area contributed by atoms with Gasteiger partial charge in [-0.2, -0.15) is 0 Å². The van der Waals surface area contributed by atoms with Crippen molar-refractivity contribution in [1.82, 2.24) is 5.32 Å². The van der Waals surface area contributed by atoms with Gasteiger partial charge in [-0.15, -0.1) is 0 Å². The minimum atomic E-state index is -0.589. The third kappa shape index (κ3) is 1.40. The number of amides is 1. The maximum atomic E-state index is 11.2. The van der Waals surface area contributed by atoms with Gasteiger partial charge in [0, 0.05) is 0 Å². The Morgan fingerprint density at radius 1 is 1.36 bits per heavy atom. The molecule has 1 aromatic carbocycles. The highest BCUT2D eigenvalue weighted by Crippen LogP contribution is 2.32. The van der Waals surface area contributed by atoms with Crippen LogP contribution in [0.5, 0.6) is 0 Å². The summed E-state index contributed by atoms with van der Waals surface area (Å²) >= 11 is 0. The van der Waals surface area contributed by atoms with Crippen LogP contribution in [0.3, 0.4) is 0 Å². The van der Waals surface area contributed by atoms with Gasteiger partial charge in [0.1, 0.15) is 0 Å². The number of benzene rings is 1. The standard InChI is InChI=1S/C11H13NO2/c1-7(13)9-10(12-11(9)14)8-5-3-2-4-6-8/h2-7,9-10,13H,1H3,(H,12,14)/t7-,9+,10+/m1/s1. The Balaban J connectivity index is 2.18. The van der Waals surface area contributed by atoms with Crippen LogP contribution >= 0.6 is 0 Å². The summed E-state index contributed by atoms with van der Waals surface area (Å²) < 4.78 is 0. The molecule has 3 heteroatoms. The SMILES string of the molecule is C[C@@H](O)[C@@H]1C(=O)N[C@H]1c1ccccc1. The zero-order valence-corrected chi connectivity index (χ0v) is 7.97. The highest BCUT2D eigenvalue weighted by Gasteiger charge is 2.42. The van der Waals surface area contributed by atoms with Crippen molar-refractivity contribution in [3.05, 3.63) is 35.9 Å². The molecule has 2 rings (SSSR count). The summed E-state index contributed by atoms with van der Waals surface area (Å²) in [6.07, 6.45) is -0.589. The molecular formula is C11H13NO2. The summed E-state index contributed by atoms with van der Waals surface area (Å²) in [6.45, 7) is 1.65. The lowest BCUT2D eigenvalue weighted by molar-refractivity contribution is -0.140. The molecule has 1 heterocycles. The van der Waals surface area contributed by atoms with Crippen LogP contribution in [0.4, 0.5) is 0 Å². The van der Waals surface area contributed by atoms with Crippen LogP contribution in [0, 0.1) is 5.92 Å². The Morgan fingerprint density at radius 2 is 2.00 bits per heavy atom. The van der Waals surface area contributed by atoms with E-state index < -0.39 is 6.10 Å². The highest BCUT2D eigenvalue weighted by molar-refractivity contribution is 5.86. The zero-order chi connectivity index (χ0) is 10.1. The fourth-order valence-corrected chi connectivity index (χ4v) is 1.84. The van der Waals surface area contributed by atoms with Gasteiger partial charge in [-0.3, -0.25) is 4.79 Å². The van der Waals surface area contributed by atoms with Crippen LogP contribution in [-0.2, 0) is 4.79 Å². The van der Waals surface area contributed by atoms with Crippen LogP contribution in [0.2, 0.25) is 0 Å². The van der Waals surface area contributed by atoms with Crippen LogP contribution in [0.1, 0.15) is 18.5 Å². The molecule has 3 nitrogen and oxygen atoms in total. The van der Waals surface area contributed by atoms with Gasteiger partial charge in [0.25, 0.3) is 0 Å². The van der Waals surface area contributed by atoms with E-state index in [1.807, 2.05) is 30.3 Å². The van der Waals surface area contributed by atoms with Crippen molar-refractivity contribution in [2.75, 3.05) is 0 Å². The van der Waals surface area contributed by atoms with E-state index in [1.54, 1.807) is 6.92 Å². The first-order valence-electron chi connectivity index (χ1n) is 4.73. The number of carbonyl (C=O) groups excluding carboxylic acids is 1. The molecule has 0 bridgehead atoms. The Hall–Kier alpha value is -1.35. The summed E-state index contributed by atoms with van der Waals surface area (Å²) in [6, 6.07) is 9.68. The minimum Gasteiger partial charge on any atom is -0.392 e. The van der Waals surface area contributed by atoms with Crippen LogP contribution in [0.15, 0.2) is 30.3 Å². The molecular weight excluding hydrogens is 178 g/mol. The lowest BCUT2D eigenvalue weighted by Crippen LogP contribution is -2.55. The summed E-state index contributed by atoms with van der Waals surface area (Å²) in [5, 5.41) is 12.2. The number of hydrogen-bond acceptors (Lipinski definition) is 2. The summed E-state index contributed by atoms with van der Waals surface area (Å²) in [7, 11) is 0. The van der Waals surface area contributed by atoms with Gasteiger partial charge in [-0.1, -0.05) is 30.3 Å². The van der Waals surface area contributed by atoms with Crippen LogP contribution < -0.4 is 5.32 Å². The van der Waals surface area contributed by atoms with Gasteiger partial charge in [-0.05, 0) is 12.5 Å². The second kappa shape index (κ2) is 3.42. The molecule has 0 aliphatic carbocycles. The molecule has 0 spiro atoms. The monoisotopic (exact) mass is 191 g/mol. The topological polar surface area (TPSA) is 49.3 Å². The second-order valence-electron chi connectivity index (χ2n) is 3.66. The maximum absolute atomic E-state index is 11.2. The number of rotatable bonds is 2. The van der Waals surface area contributed by atoms with E-state index in [4.69, 9.17) is 0 Å². The quantitative estimate of drug-likeness (QED) is 0.681. The molecule has 0 radical (unpaired) electrons. The molecule has 1 aliphatic rings. The molecule has 1 aromatic rings.